The topological polar surface area (TPSA) is 40.6 Å². The van der Waals surface area contributed by atoms with E-state index in [1.54, 1.807) is 43.4 Å². The standard InChI is InChI=1S/C28H32F2N2O2S/c1-31(35(33,34)26-10-6-3-7-11-26)21-25(24-12-13-27(29)28(30)20-24)16-19-32-17-14-23(15-18-32)22-8-4-2-5-9-22/h2-13,20,23,25H,14-19,21H2,1H3/t25-/m0/s1. The van der Waals surface area contributed by atoms with Crippen molar-refractivity contribution in [1.82, 2.24) is 9.21 Å². The first-order valence-corrected chi connectivity index (χ1v) is 13.5. The molecule has 186 valence electrons. The molecule has 1 saturated heterocycles. The third-order valence-corrected chi connectivity index (χ3v) is 8.83. The third kappa shape index (κ3) is 6.34. The molecule has 1 fully saturated rings. The summed E-state index contributed by atoms with van der Waals surface area (Å²) in [6.45, 7) is 2.87. The summed E-state index contributed by atoms with van der Waals surface area (Å²) < 4.78 is 55.1. The van der Waals surface area contributed by atoms with Crippen LogP contribution in [0.1, 0.15) is 42.2 Å². The molecule has 0 bridgehead atoms. The molecule has 0 amide bonds. The minimum absolute atomic E-state index is 0.183. The molecular formula is C28H32F2N2O2S. The molecule has 7 heteroatoms. The zero-order valence-corrected chi connectivity index (χ0v) is 20.8. The second-order valence-electron chi connectivity index (χ2n) is 9.28. The van der Waals surface area contributed by atoms with Crippen LogP contribution < -0.4 is 0 Å². The zero-order chi connectivity index (χ0) is 24.8. The molecule has 0 radical (unpaired) electrons. The van der Waals surface area contributed by atoms with Crippen molar-refractivity contribution in [2.75, 3.05) is 33.2 Å². The van der Waals surface area contributed by atoms with Gasteiger partial charge in [0.1, 0.15) is 0 Å². The number of nitrogens with zero attached hydrogens (tertiary/aromatic N) is 2. The van der Waals surface area contributed by atoms with Gasteiger partial charge in [-0.05, 0) is 86.1 Å². The normalized spacial score (nSPS) is 16.5. The minimum Gasteiger partial charge on any atom is -0.303 e. The van der Waals surface area contributed by atoms with Crippen molar-refractivity contribution in [3.05, 3.63) is 102 Å². The summed E-state index contributed by atoms with van der Waals surface area (Å²) in [6.07, 6.45) is 2.79. The molecule has 3 aromatic carbocycles. The summed E-state index contributed by atoms with van der Waals surface area (Å²) in [5, 5.41) is 0. The van der Waals surface area contributed by atoms with E-state index in [4.69, 9.17) is 0 Å². The van der Waals surface area contributed by atoms with Gasteiger partial charge in [-0.25, -0.2) is 21.5 Å². The predicted molar refractivity (Wildman–Crippen MR) is 135 cm³/mol. The molecule has 0 N–H and O–H groups in total. The Bertz CT molecular complexity index is 1200. The van der Waals surface area contributed by atoms with Gasteiger partial charge in [-0.1, -0.05) is 54.6 Å². The molecule has 35 heavy (non-hydrogen) atoms. The highest BCUT2D eigenvalue weighted by Crippen LogP contribution is 2.30. The highest BCUT2D eigenvalue weighted by molar-refractivity contribution is 7.89. The average molecular weight is 499 g/mol. The van der Waals surface area contributed by atoms with Crippen molar-refractivity contribution >= 4 is 10.0 Å². The summed E-state index contributed by atoms with van der Waals surface area (Å²) >= 11 is 0. The van der Waals surface area contributed by atoms with E-state index in [-0.39, 0.29) is 17.4 Å². The number of likely N-dealkylation sites (N-methyl/N-ethyl adjacent to an activating group) is 1. The van der Waals surface area contributed by atoms with Gasteiger partial charge < -0.3 is 4.90 Å². The Hall–Kier alpha value is -2.61. The lowest BCUT2D eigenvalue weighted by molar-refractivity contribution is 0.203. The number of halogens is 2. The highest BCUT2D eigenvalue weighted by atomic mass is 32.2. The first-order chi connectivity index (χ1) is 16.8. The van der Waals surface area contributed by atoms with Gasteiger partial charge in [-0.2, -0.15) is 0 Å². The first kappa shape index (κ1) is 25.5. The number of likely N-dealkylation sites (tertiary alicyclic amines) is 1. The molecular weight excluding hydrogens is 466 g/mol. The average Bonchev–Trinajstić information content (AvgIpc) is 2.89. The van der Waals surface area contributed by atoms with Crippen LogP contribution in [0.3, 0.4) is 0 Å². The summed E-state index contributed by atoms with van der Waals surface area (Å²) in [7, 11) is -2.15. The Kier molecular flexibility index (Phi) is 8.31. The Labute approximate surface area is 207 Å². The number of benzene rings is 3. The molecule has 4 nitrogen and oxygen atoms in total. The van der Waals surface area contributed by atoms with Gasteiger partial charge in [0.2, 0.25) is 10.0 Å². The van der Waals surface area contributed by atoms with E-state index < -0.39 is 21.7 Å². The Morgan fingerprint density at radius 3 is 2.17 bits per heavy atom. The number of hydrogen-bond acceptors (Lipinski definition) is 3. The molecule has 0 unspecified atom stereocenters. The van der Waals surface area contributed by atoms with Crippen LogP contribution in [0.2, 0.25) is 0 Å². The molecule has 0 saturated carbocycles. The lowest BCUT2D eigenvalue weighted by Crippen LogP contribution is -2.36. The van der Waals surface area contributed by atoms with Crippen molar-refractivity contribution in [2.24, 2.45) is 0 Å². The van der Waals surface area contributed by atoms with Gasteiger partial charge in [-0.15, -0.1) is 0 Å². The van der Waals surface area contributed by atoms with Gasteiger partial charge >= 0.3 is 0 Å². The molecule has 0 aromatic heterocycles. The van der Waals surface area contributed by atoms with Crippen molar-refractivity contribution in [3.8, 4) is 0 Å². The Morgan fingerprint density at radius 1 is 0.914 bits per heavy atom. The van der Waals surface area contributed by atoms with Gasteiger partial charge in [0, 0.05) is 13.6 Å². The maximum Gasteiger partial charge on any atom is 0.242 e. The molecule has 4 rings (SSSR count). The summed E-state index contributed by atoms with van der Waals surface area (Å²) in [5.74, 6) is -1.53. The van der Waals surface area contributed by atoms with Crippen LogP contribution in [0.4, 0.5) is 8.78 Å². The van der Waals surface area contributed by atoms with Crippen LogP contribution in [0.15, 0.2) is 83.8 Å². The second-order valence-corrected chi connectivity index (χ2v) is 11.3. The second kappa shape index (κ2) is 11.4. The molecule has 0 spiro atoms. The number of sulfonamides is 1. The SMILES string of the molecule is CN(C[C@H](CCN1CCC(c2ccccc2)CC1)c1ccc(F)c(F)c1)S(=O)(=O)c1ccccc1. The van der Waals surface area contributed by atoms with E-state index in [0.717, 1.165) is 38.5 Å². The molecule has 1 aliphatic rings. The quantitative estimate of drug-likeness (QED) is 0.383. The van der Waals surface area contributed by atoms with Gasteiger partial charge in [0.05, 0.1) is 4.90 Å². The fraction of sp³-hybridized carbons (Fsp3) is 0.357. The molecule has 1 atom stereocenters. The maximum absolute atomic E-state index is 14.1. The summed E-state index contributed by atoms with van der Waals surface area (Å²) in [4.78, 5) is 2.60. The number of piperidine rings is 1. The van der Waals surface area contributed by atoms with E-state index >= 15 is 0 Å². The lowest BCUT2D eigenvalue weighted by atomic mass is 9.89. The lowest BCUT2D eigenvalue weighted by Gasteiger charge is -2.33. The smallest absolute Gasteiger partial charge is 0.242 e. The van der Waals surface area contributed by atoms with Crippen LogP contribution >= 0.6 is 0 Å². The third-order valence-electron chi connectivity index (χ3n) is 7.00. The molecule has 0 aliphatic carbocycles. The van der Waals surface area contributed by atoms with Gasteiger partial charge in [0.25, 0.3) is 0 Å². The first-order valence-electron chi connectivity index (χ1n) is 12.1. The van der Waals surface area contributed by atoms with Crippen LogP contribution in [0.5, 0.6) is 0 Å². The van der Waals surface area contributed by atoms with Crippen molar-refractivity contribution in [2.45, 2.75) is 36.0 Å². The van der Waals surface area contributed by atoms with Gasteiger partial charge in [-0.3, -0.25) is 0 Å². The molecule has 1 heterocycles. The summed E-state index contributed by atoms with van der Waals surface area (Å²) in [5.41, 5.74) is 1.98. The zero-order valence-electron chi connectivity index (χ0n) is 20.0. The Balaban J connectivity index is 1.44. The maximum atomic E-state index is 14.1. The van der Waals surface area contributed by atoms with E-state index in [1.807, 2.05) is 6.07 Å². The van der Waals surface area contributed by atoms with E-state index in [0.29, 0.717) is 17.9 Å². The monoisotopic (exact) mass is 498 g/mol. The van der Waals surface area contributed by atoms with Crippen molar-refractivity contribution in [1.29, 1.82) is 0 Å². The number of hydrogen-bond donors (Lipinski definition) is 0. The predicted octanol–water partition coefficient (Wildman–Crippen LogP) is 5.64. The van der Waals surface area contributed by atoms with Crippen LogP contribution in [0.25, 0.3) is 0 Å². The summed E-state index contributed by atoms with van der Waals surface area (Å²) in [6, 6.07) is 22.7. The van der Waals surface area contributed by atoms with Crippen LogP contribution in [-0.4, -0.2) is 50.8 Å². The van der Waals surface area contributed by atoms with Crippen LogP contribution in [-0.2, 0) is 10.0 Å². The van der Waals surface area contributed by atoms with Crippen molar-refractivity contribution < 1.29 is 17.2 Å². The number of rotatable bonds is 9. The fourth-order valence-corrected chi connectivity index (χ4v) is 6.10. The highest BCUT2D eigenvalue weighted by Gasteiger charge is 2.26. The van der Waals surface area contributed by atoms with E-state index in [2.05, 4.69) is 29.2 Å². The Morgan fingerprint density at radius 2 is 1.54 bits per heavy atom. The largest absolute Gasteiger partial charge is 0.303 e. The van der Waals surface area contributed by atoms with E-state index in [9.17, 15) is 17.2 Å². The van der Waals surface area contributed by atoms with Crippen molar-refractivity contribution in [3.63, 3.8) is 0 Å². The minimum atomic E-state index is -3.69. The molecule has 1 aliphatic heterocycles. The van der Waals surface area contributed by atoms with Crippen LogP contribution in [0, 0.1) is 11.6 Å². The fourth-order valence-electron chi connectivity index (χ4n) is 4.86. The van der Waals surface area contributed by atoms with Gasteiger partial charge in [0.15, 0.2) is 11.6 Å². The molecule has 3 aromatic rings. The van der Waals surface area contributed by atoms with E-state index in [1.165, 1.54) is 15.9 Å².